The second-order valence-corrected chi connectivity index (χ2v) is 8.24. The lowest BCUT2D eigenvalue weighted by Crippen LogP contribution is -2.13. The van der Waals surface area contributed by atoms with Gasteiger partial charge in [-0.15, -0.1) is 0 Å². The lowest BCUT2D eigenvalue weighted by atomic mass is 10.00. The first kappa shape index (κ1) is 18.9. The summed E-state index contributed by atoms with van der Waals surface area (Å²) in [4.78, 5) is 26.5. The lowest BCUT2D eigenvalue weighted by molar-refractivity contribution is 0.0966. The Labute approximate surface area is 184 Å². The molecule has 32 heavy (non-hydrogen) atoms. The van der Waals surface area contributed by atoms with Crippen LogP contribution in [0.2, 0.25) is 0 Å². The average molecular weight is 426 g/mol. The molecule has 6 rings (SSSR count). The normalized spacial score (nSPS) is 17.5. The first-order valence-electron chi connectivity index (χ1n) is 10.7. The molecular weight excluding hydrogens is 404 g/mol. The van der Waals surface area contributed by atoms with Gasteiger partial charge < -0.3 is 19.9 Å². The van der Waals surface area contributed by atoms with Crippen molar-refractivity contribution in [2.45, 2.75) is 18.9 Å². The molecule has 0 bridgehead atoms. The summed E-state index contributed by atoms with van der Waals surface area (Å²) in [7, 11) is 1.97. The SMILES string of the molecule is Cn1ccc2c(-c3ncc(Nc4ccc([C@H]5CCOC5)cn4)c4c3CNC4=O)ccnc21. The summed E-state index contributed by atoms with van der Waals surface area (Å²) in [6, 6.07) is 7.99. The van der Waals surface area contributed by atoms with Crippen molar-refractivity contribution in [1.29, 1.82) is 0 Å². The number of aromatic nitrogens is 4. The van der Waals surface area contributed by atoms with Crippen molar-refractivity contribution < 1.29 is 9.53 Å². The molecule has 1 saturated heterocycles. The maximum Gasteiger partial charge on any atom is 0.254 e. The van der Waals surface area contributed by atoms with Gasteiger partial charge in [-0.1, -0.05) is 6.07 Å². The van der Waals surface area contributed by atoms with E-state index in [0.717, 1.165) is 47.5 Å². The topological polar surface area (TPSA) is 94.0 Å². The number of amides is 1. The molecule has 6 heterocycles. The van der Waals surface area contributed by atoms with E-state index in [2.05, 4.69) is 26.7 Å². The minimum atomic E-state index is -0.107. The predicted molar refractivity (Wildman–Crippen MR) is 121 cm³/mol. The summed E-state index contributed by atoms with van der Waals surface area (Å²) in [6.45, 7) is 1.99. The van der Waals surface area contributed by atoms with Crippen molar-refractivity contribution in [3.05, 3.63) is 65.7 Å². The number of ether oxygens (including phenoxy) is 1. The van der Waals surface area contributed by atoms with Crippen molar-refractivity contribution in [2.75, 3.05) is 18.5 Å². The largest absolute Gasteiger partial charge is 0.381 e. The number of anilines is 2. The van der Waals surface area contributed by atoms with Gasteiger partial charge in [0, 0.05) is 61.2 Å². The molecule has 0 aromatic carbocycles. The minimum absolute atomic E-state index is 0.107. The van der Waals surface area contributed by atoms with Crippen molar-refractivity contribution in [3.63, 3.8) is 0 Å². The molecule has 0 aliphatic carbocycles. The van der Waals surface area contributed by atoms with Crippen LogP contribution in [-0.4, -0.2) is 38.6 Å². The fourth-order valence-corrected chi connectivity index (χ4v) is 4.60. The number of hydrogen-bond donors (Lipinski definition) is 2. The van der Waals surface area contributed by atoms with Gasteiger partial charge in [0.05, 0.1) is 29.7 Å². The van der Waals surface area contributed by atoms with Gasteiger partial charge in [0.1, 0.15) is 11.5 Å². The van der Waals surface area contributed by atoms with Crippen LogP contribution in [0.25, 0.3) is 22.3 Å². The third-order valence-corrected chi connectivity index (χ3v) is 6.31. The maximum absolute atomic E-state index is 12.7. The van der Waals surface area contributed by atoms with Gasteiger partial charge in [0.25, 0.3) is 5.91 Å². The monoisotopic (exact) mass is 426 g/mol. The molecule has 1 amide bonds. The van der Waals surface area contributed by atoms with E-state index >= 15 is 0 Å². The summed E-state index contributed by atoms with van der Waals surface area (Å²) in [5.74, 6) is 0.977. The van der Waals surface area contributed by atoms with Crippen LogP contribution in [0.4, 0.5) is 11.5 Å². The molecule has 4 aromatic rings. The molecule has 4 aromatic heterocycles. The smallest absolute Gasteiger partial charge is 0.254 e. The number of carbonyl (C=O) groups is 1. The fourth-order valence-electron chi connectivity index (χ4n) is 4.60. The highest BCUT2D eigenvalue weighted by atomic mass is 16.5. The van der Waals surface area contributed by atoms with E-state index in [0.29, 0.717) is 29.5 Å². The highest BCUT2D eigenvalue weighted by Crippen LogP contribution is 2.36. The lowest BCUT2D eigenvalue weighted by Gasteiger charge is -2.14. The molecular formula is C24H22N6O2. The number of aryl methyl sites for hydroxylation is 1. The van der Waals surface area contributed by atoms with E-state index in [1.807, 2.05) is 42.2 Å². The van der Waals surface area contributed by atoms with E-state index in [9.17, 15) is 4.79 Å². The molecule has 2 aliphatic rings. The van der Waals surface area contributed by atoms with Gasteiger partial charge in [0.2, 0.25) is 0 Å². The second kappa shape index (κ2) is 7.42. The summed E-state index contributed by atoms with van der Waals surface area (Å²) in [5.41, 5.74) is 5.98. The van der Waals surface area contributed by atoms with Crippen LogP contribution in [0.15, 0.2) is 49.1 Å². The summed E-state index contributed by atoms with van der Waals surface area (Å²) < 4.78 is 7.45. The van der Waals surface area contributed by atoms with Crippen LogP contribution < -0.4 is 10.6 Å². The second-order valence-electron chi connectivity index (χ2n) is 8.24. The Morgan fingerprint density at radius 3 is 2.91 bits per heavy atom. The molecule has 0 saturated carbocycles. The first-order chi connectivity index (χ1) is 15.7. The highest BCUT2D eigenvalue weighted by Gasteiger charge is 2.28. The predicted octanol–water partition coefficient (Wildman–Crippen LogP) is 3.52. The molecule has 0 spiro atoms. The molecule has 2 N–H and O–H groups in total. The highest BCUT2D eigenvalue weighted by molar-refractivity contribution is 6.06. The van der Waals surface area contributed by atoms with Gasteiger partial charge in [-0.25, -0.2) is 9.97 Å². The zero-order chi connectivity index (χ0) is 21.7. The average Bonchev–Trinajstić information content (AvgIpc) is 3.56. The Morgan fingerprint density at radius 1 is 1.16 bits per heavy atom. The number of nitrogens with zero attached hydrogens (tertiary/aromatic N) is 4. The minimum Gasteiger partial charge on any atom is -0.381 e. The third-order valence-electron chi connectivity index (χ3n) is 6.31. The van der Waals surface area contributed by atoms with Crippen LogP contribution in [0.1, 0.15) is 33.8 Å². The molecule has 1 atom stereocenters. The van der Waals surface area contributed by atoms with Crippen LogP contribution in [0.5, 0.6) is 0 Å². The zero-order valence-corrected chi connectivity index (χ0v) is 17.6. The number of rotatable bonds is 4. The number of hydrogen-bond acceptors (Lipinski definition) is 6. The van der Waals surface area contributed by atoms with Crippen molar-refractivity contribution in [1.82, 2.24) is 24.8 Å². The summed E-state index contributed by atoms with van der Waals surface area (Å²) >= 11 is 0. The van der Waals surface area contributed by atoms with E-state index in [-0.39, 0.29) is 5.91 Å². The quantitative estimate of drug-likeness (QED) is 0.519. The van der Waals surface area contributed by atoms with Crippen LogP contribution in [-0.2, 0) is 18.3 Å². The first-order valence-corrected chi connectivity index (χ1v) is 10.7. The standard InChI is InChI=1S/C24H22N6O2/c1-30-8-5-17-16(4-7-25-23(17)30)22-18-11-28-24(31)21(18)19(12-27-22)29-20-3-2-14(10-26-20)15-6-9-32-13-15/h2-5,7-8,10,12,15H,6,9,11,13H2,1H3,(H,26,29)(H,28,31)/t15-/m0/s1. The number of carbonyl (C=O) groups excluding carboxylic acids is 1. The number of pyridine rings is 3. The molecule has 2 aliphatic heterocycles. The van der Waals surface area contributed by atoms with E-state index < -0.39 is 0 Å². The molecule has 1 fully saturated rings. The van der Waals surface area contributed by atoms with Crippen molar-refractivity contribution in [3.8, 4) is 11.3 Å². The van der Waals surface area contributed by atoms with Gasteiger partial charge in [0.15, 0.2) is 0 Å². The fraction of sp³-hybridized carbons (Fsp3) is 0.250. The Balaban J connectivity index is 1.37. The third kappa shape index (κ3) is 3.03. The molecule has 0 unspecified atom stereocenters. The Kier molecular flexibility index (Phi) is 4.39. The Morgan fingerprint density at radius 2 is 2.09 bits per heavy atom. The van der Waals surface area contributed by atoms with Crippen molar-refractivity contribution in [2.24, 2.45) is 7.05 Å². The van der Waals surface area contributed by atoms with Crippen LogP contribution in [0.3, 0.4) is 0 Å². The number of fused-ring (bicyclic) bond motifs is 2. The van der Waals surface area contributed by atoms with Gasteiger partial charge >= 0.3 is 0 Å². The van der Waals surface area contributed by atoms with Gasteiger partial charge in [-0.05, 0) is 30.2 Å². The Hall–Kier alpha value is -3.78. The maximum atomic E-state index is 12.7. The molecule has 8 nitrogen and oxygen atoms in total. The summed E-state index contributed by atoms with van der Waals surface area (Å²) in [6.07, 6.45) is 8.38. The van der Waals surface area contributed by atoms with Crippen LogP contribution >= 0.6 is 0 Å². The van der Waals surface area contributed by atoms with Crippen molar-refractivity contribution >= 4 is 28.4 Å². The van der Waals surface area contributed by atoms with Gasteiger partial charge in [-0.3, -0.25) is 9.78 Å². The summed E-state index contributed by atoms with van der Waals surface area (Å²) in [5, 5.41) is 7.25. The molecule has 0 radical (unpaired) electrons. The molecule has 8 heteroatoms. The van der Waals surface area contributed by atoms with E-state index in [1.54, 1.807) is 12.4 Å². The van der Waals surface area contributed by atoms with E-state index in [4.69, 9.17) is 9.72 Å². The Bertz CT molecular complexity index is 1340. The van der Waals surface area contributed by atoms with E-state index in [1.165, 1.54) is 5.56 Å². The van der Waals surface area contributed by atoms with Gasteiger partial charge in [-0.2, -0.15) is 0 Å². The zero-order valence-electron chi connectivity index (χ0n) is 17.6. The van der Waals surface area contributed by atoms with Crippen LogP contribution in [0, 0.1) is 0 Å². The molecule has 160 valence electrons. The number of nitrogens with one attached hydrogen (secondary N) is 2.